The second-order valence-electron chi connectivity index (χ2n) is 4.05. The monoisotopic (exact) mass is 257 g/mol. The zero-order valence-electron chi connectivity index (χ0n) is 10.8. The smallest absolute Gasteiger partial charge is 0.346 e. The summed E-state index contributed by atoms with van der Waals surface area (Å²) < 4.78 is 7.02. The molecule has 0 bridgehead atoms. The van der Waals surface area contributed by atoms with Crippen molar-refractivity contribution in [2.24, 2.45) is 19.8 Å². The van der Waals surface area contributed by atoms with Crippen LogP contribution >= 0.6 is 0 Å². The van der Waals surface area contributed by atoms with Gasteiger partial charge in [0, 0.05) is 33.8 Å². The minimum atomic E-state index is -0.457. The first-order valence-corrected chi connectivity index (χ1v) is 5.60. The van der Waals surface area contributed by atoms with E-state index in [2.05, 4.69) is 10.4 Å². The minimum Gasteiger partial charge on any atom is -0.383 e. The summed E-state index contributed by atoms with van der Waals surface area (Å²) in [5, 5.41) is 6.73. The van der Waals surface area contributed by atoms with Gasteiger partial charge in [0.25, 0.3) is 5.56 Å². The van der Waals surface area contributed by atoms with Crippen molar-refractivity contribution >= 4 is 5.82 Å². The van der Waals surface area contributed by atoms with Gasteiger partial charge >= 0.3 is 5.69 Å². The van der Waals surface area contributed by atoms with Crippen molar-refractivity contribution in [2.45, 2.75) is 12.5 Å². The number of aryl methyl sites for hydroxylation is 1. The summed E-state index contributed by atoms with van der Waals surface area (Å²) in [6.45, 7) is 0.950. The molecular weight excluding hydrogens is 238 g/mol. The van der Waals surface area contributed by atoms with Crippen LogP contribution in [0.15, 0.2) is 9.59 Å². The molecule has 0 spiro atoms. The summed E-state index contributed by atoms with van der Waals surface area (Å²) in [7, 11) is 4.48. The summed E-state index contributed by atoms with van der Waals surface area (Å²) >= 11 is 0. The van der Waals surface area contributed by atoms with Crippen LogP contribution < -0.4 is 22.3 Å². The van der Waals surface area contributed by atoms with Crippen molar-refractivity contribution in [3.8, 4) is 0 Å². The summed E-state index contributed by atoms with van der Waals surface area (Å²) in [6, 6.07) is -0.0983. The second-order valence-corrected chi connectivity index (χ2v) is 4.05. The third-order valence-electron chi connectivity index (χ3n) is 2.51. The Kier molecular flexibility index (Phi) is 5.05. The van der Waals surface area contributed by atoms with E-state index in [9.17, 15) is 9.59 Å². The van der Waals surface area contributed by atoms with Gasteiger partial charge in [0.1, 0.15) is 0 Å². The molecule has 102 valence electrons. The highest BCUT2D eigenvalue weighted by atomic mass is 16.5. The fraction of sp³-hybridized carbons (Fsp3) is 0.700. The molecule has 1 unspecified atom stereocenters. The lowest BCUT2D eigenvalue weighted by molar-refractivity contribution is 0.178. The molecule has 18 heavy (non-hydrogen) atoms. The number of anilines is 1. The lowest BCUT2D eigenvalue weighted by atomic mass is 10.2. The van der Waals surface area contributed by atoms with E-state index in [1.165, 1.54) is 14.1 Å². The third kappa shape index (κ3) is 3.41. The van der Waals surface area contributed by atoms with Gasteiger partial charge in [0.05, 0.1) is 6.61 Å². The Morgan fingerprint density at radius 2 is 2.11 bits per heavy atom. The normalized spacial score (nSPS) is 12.4. The van der Waals surface area contributed by atoms with Crippen molar-refractivity contribution in [3.63, 3.8) is 0 Å². The van der Waals surface area contributed by atoms with Crippen LogP contribution in [0.25, 0.3) is 0 Å². The predicted octanol–water partition coefficient (Wildman–Crippen LogP) is -1.75. The van der Waals surface area contributed by atoms with Gasteiger partial charge < -0.3 is 15.8 Å². The highest BCUT2D eigenvalue weighted by Gasteiger charge is 2.08. The predicted molar refractivity (Wildman–Crippen MR) is 67.7 cm³/mol. The molecule has 0 aliphatic heterocycles. The zero-order valence-corrected chi connectivity index (χ0v) is 10.8. The van der Waals surface area contributed by atoms with Gasteiger partial charge in [-0.3, -0.25) is 9.36 Å². The fourth-order valence-electron chi connectivity index (χ4n) is 1.48. The molecule has 1 aromatic heterocycles. The van der Waals surface area contributed by atoms with Gasteiger partial charge in [-0.25, -0.2) is 9.48 Å². The highest BCUT2D eigenvalue weighted by Crippen LogP contribution is 1.93. The van der Waals surface area contributed by atoms with E-state index in [1.807, 2.05) is 0 Å². The third-order valence-corrected chi connectivity index (χ3v) is 2.51. The SMILES string of the molecule is COCC(N)CCNc1nn(C)c(=O)n(C)c1=O. The average Bonchev–Trinajstić information content (AvgIpc) is 2.33. The van der Waals surface area contributed by atoms with Gasteiger partial charge in [-0.05, 0) is 6.42 Å². The van der Waals surface area contributed by atoms with Gasteiger partial charge in [0.2, 0.25) is 5.82 Å². The number of nitrogens with one attached hydrogen (secondary N) is 1. The zero-order chi connectivity index (χ0) is 13.7. The van der Waals surface area contributed by atoms with Crippen molar-refractivity contribution < 1.29 is 4.74 Å². The van der Waals surface area contributed by atoms with Crippen LogP contribution in [0, 0.1) is 0 Å². The molecule has 1 atom stereocenters. The Hall–Kier alpha value is -1.67. The molecule has 1 heterocycles. The summed E-state index contributed by atoms with van der Waals surface area (Å²) in [4.78, 5) is 23.1. The first-order chi connectivity index (χ1) is 8.47. The molecule has 1 rings (SSSR count). The molecule has 8 heteroatoms. The van der Waals surface area contributed by atoms with Crippen LogP contribution in [0.3, 0.4) is 0 Å². The fourth-order valence-corrected chi connectivity index (χ4v) is 1.48. The number of hydrogen-bond acceptors (Lipinski definition) is 6. The minimum absolute atomic E-state index is 0.0983. The summed E-state index contributed by atoms with van der Waals surface area (Å²) in [5.74, 6) is 0.143. The Morgan fingerprint density at radius 1 is 1.44 bits per heavy atom. The number of methoxy groups -OCH3 is 1. The lowest BCUT2D eigenvalue weighted by Gasteiger charge is -2.11. The van der Waals surface area contributed by atoms with Crippen LogP contribution in [0.5, 0.6) is 0 Å². The molecule has 0 radical (unpaired) electrons. The van der Waals surface area contributed by atoms with E-state index in [0.29, 0.717) is 19.6 Å². The molecule has 0 aliphatic carbocycles. The topological polar surface area (TPSA) is 104 Å². The van der Waals surface area contributed by atoms with E-state index in [-0.39, 0.29) is 11.9 Å². The molecule has 0 amide bonds. The average molecular weight is 257 g/mol. The maximum absolute atomic E-state index is 11.7. The van der Waals surface area contributed by atoms with Crippen molar-refractivity contribution in [3.05, 3.63) is 20.8 Å². The number of nitrogens with zero attached hydrogens (tertiary/aromatic N) is 3. The number of nitrogens with two attached hydrogens (primary N) is 1. The number of rotatable bonds is 6. The Labute approximate surface area is 104 Å². The van der Waals surface area contributed by atoms with Gasteiger partial charge in [-0.2, -0.15) is 0 Å². The van der Waals surface area contributed by atoms with Crippen LogP contribution in [0.2, 0.25) is 0 Å². The quantitative estimate of drug-likeness (QED) is 0.626. The Balaban J connectivity index is 2.69. The van der Waals surface area contributed by atoms with Crippen LogP contribution in [0.1, 0.15) is 6.42 Å². The molecular formula is C10H19N5O3. The molecule has 8 nitrogen and oxygen atoms in total. The van der Waals surface area contributed by atoms with E-state index in [0.717, 1.165) is 9.25 Å². The van der Waals surface area contributed by atoms with Crippen molar-refractivity contribution in [1.82, 2.24) is 14.3 Å². The lowest BCUT2D eigenvalue weighted by Crippen LogP contribution is -2.40. The number of aromatic nitrogens is 3. The van der Waals surface area contributed by atoms with Gasteiger partial charge in [-0.1, -0.05) is 0 Å². The van der Waals surface area contributed by atoms with Crippen molar-refractivity contribution in [1.29, 1.82) is 0 Å². The van der Waals surface area contributed by atoms with Crippen LogP contribution in [0.4, 0.5) is 5.82 Å². The van der Waals surface area contributed by atoms with Gasteiger partial charge in [0.15, 0.2) is 0 Å². The van der Waals surface area contributed by atoms with Crippen molar-refractivity contribution in [2.75, 3.05) is 25.6 Å². The first kappa shape index (κ1) is 14.4. The van der Waals surface area contributed by atoms with E-state index >= 15 is 0 Å². The van der Waals surface area contributed by atoms with Gasteiger partial charge in [-0.15, -0.1) is 5.10 Å². The molecule has 0 saturated carbocycles. The maximum atomic E-state index is 11.7. The molecule has 0 saturated heterocycles. The van der Waals surface area contributed by atoms with E-state index in [4.69, 9.17) is 10.5 Å². The Bertz CT molecular complexity index is 507. The number of hydrogen-bond donors (Lipinski definition) is 2. The second kappa shape index (κ2) is 6.31. The molecule has 0 aliphatic rings. The summed E-state index contributed by atoms with van der Waals surface area (Å²) in [6.07, 6.45) is 0.640. The number of ether oxygens (including phenoxy) is 1. The first-order valence-electron chi connectivity index (χ1n) is 5.60. The van der Waals surface area contributed by atoms with Crippen LogP contribution in [-0.2, 0) is 18.8 Å². The Morgan fingerprint density at radius 3 is 2.72 bits per heavy atom. The largest absolute Gasteiger partial charge is 0.383 e. The molecule has 0 fully saturated rings. The molecule has 0 aromatic carbocycles. The summed E-state index contributed by atoms with van der Waals surface area (Å²) in [5.41, 5.74) is 4.84. The molecule has 3 N–H and O–H groups in total. The van der Waals surface area contributed by atoms with E-state index < -0.39 is 11.2 Å². The van der Waals surface area contributed by atoms with E-state index in [1.54, 1.807) is 7.11 Å². The van der Waals surface area contributed by atoms with Crippen LogP contribution in [-0.4, -0.2) is 40.7 Å². The molecule has 1 aromatic rings. The maximum Gasteiger partial charge on any atom is 0.346 e. The highest BCUT2D eigenvalue weighted by molar-refractivity contribution is 5.29. The standard InChI is InChI=1S/C10H19N5O3/c1-14-9(16)8(13-15(2)10(14)17)12-5-4-7(11)6-18-3/h7H,4-6,11H2,1-3H3,(H,12,13).